The van der Waals surface area contributed by atoms with Crippen LogP contribution in [0.4, 0.5) is 13.2 Å². The Kier molecular flexibility index (Phi) is 4.02. The van der Waals surface area contributed by atoms with Crippen LogP contribution < -0.4 is 0 Å². The van der Waals surface area contributed by atoms with E-state index in [9.17, 15) is 13.2 Å². The molecule has 1 heterocycles. The molecule has 0 aliphatic carbocycles. The molecule has 0 radical (unpaired) electrons. The lowest BCUT2D eigenvalue weighted by molar-refractivity contribution is 0.0174. The van der Waals surface area contributed by atoms with Gasteiger partial charge >= 0.3 is 0 Å². The average Bonchev–Trinajstić information content (AvgIpc) is 2.39. The van der Waals surface area contributed by atoms with Gasteiger partial charge < -0.3 is 0 Å². The second-order valence-corrected chi connectivity index (χ2v) is 6.59. The number of aryl methyl sites for hydroxylation is 1. The first kappa shape index (κ1) is 16.5. The van der Waals surface area contributed by atoms with Gasteiger partial charge in [-0.15, -0.1) is 5.10 Å². The number of rotatable bonds is 2. The molecule has 0 aliphatic rings. The van der Waals surface area contributed by atoms with Crippen LogP contribution in [0.25, 0.3) is 11.3 Å². The van der Waals surface area contributed by atoms with Gasteiger partial charge in [-0.25, -0.2) is 13.2 Å². The van der Waals surface area contributed by atoms with E-state index in [1.165, 1.54) is 12.1 Å². The summed E-state index contributed by atoms with van der Waals surface area (Å²) < 4.78 is 41.7. The molecule has 2 aromatic rings. The van der Waals surface area contributed by atoms with Crippen molar-refractivity contribution in [3.05, 3.63) is 46.9 Å². The number of hydrogen-bond donors (Lipinski definition) is 0. The Balaban J connectivity index is 2.67. The van der Waals surface area contributed by atoms with Crippen LogP contribution in [0.1, 0.15) is 44.5 Å². The third kappa shape index (κ3) is 3.29. The van der Waals surface area contributed by atoms with Gasteiger partial charge in [0.05, 0.1) is 11.3 Å². The zero-order valence-electron chi connectivity index (χ0n) is 13.3. The van der Waals surface area contributed by atoms with Crippen molar-refractivity contribution in [2.24, 2.45) is 0 Å². The molecule has 0 fully saturated rings. The summed E-state index contributed by atoms with van der Waals surface area (Å²) in [4.78, 5) is 0. The van der Waals surface area contributed by atoms with E-state index >= 15 is 0 Å². The van der Waals surface area contributed by atoms with Gasteiger partial charge in [-0.05, 0) is 24.6 Å². The molecule has 2 nitrogen and oxygen atoms in total. The van der Waals surface area contributed by atoms with E-state index in [0.29, 0.717) is 16.8 Å². The Bertz CT molecular complexity index is 698. The zero-order valence-corrected chi connectivity index (χ0v) is 13.3. The maximum atomic E-state index is 14.0. The number of halogens is 3. The first-order valence-electron chi connectivity index (χ1n) is 7.03. The molecule has 0 N–H and O–H groups in total. The van der Waals surface area contributed by atoms with Crippen molar-refractivity contribution >= 4 is 0 Å². The van der Waals surface area contributed by atoms with Crippen LogP contribution in [0.2, 0.25) is 0 Å². The molecule has 0 bridgehead atoms. The fraction of sp³-hybridized carbons (Fsp3) is 0.412. The maximum Gasteiger partial charge on any atom is 0.272 e. The molecule has 0 aliphatic heterocycles. The van der Waals surface area contributed by atoms with Gasteiger partial charge in [-0.1, -0.05) is 32.9 Å². The van der Waals surface area contributed by atoms with Gasteiger partial charge in [0, 0.05) is 17.9 Å². The van der Waals surface area contributed by atoms with Crippen LogP contribution in [-0.2, 0) is 11.3 Å². The van der Waals surface area contributed by atoms with E-state index in [0.717, 1.165) is 6.92 Å². The lowest BCUT2D eigenvalue weighted by Crippen LogP contribution is -2.19. The first-order chi connectivity index (χ1) is 10.00. The molecule has 0 spiro atoms. The molecule has 0 atom stereocenters. The average molecular weight is 308 g/mol. The topological polar surface area (TPSA) is 25.8 Å². The van der Waals surface area contributed by atoms with Crippen molar-refractivity contribution < 1.29 is 13.2 Å². The minimum absolute atomic E-state index is 0.0133. The van der Waals surface area contributed by atoms with Crippen molar-refractivity contribution in [1.29, 1.82) is 0 Å². The van der Waals surface area contributed by atoms with Gasteiger partial charge in [0.1, 0.15) is 11.5 Å². The molecule has 5 heteroatoms. The Morgan fingerprint density at radius 1 is 0.955 bits per heavy atom. The Labute approximate surface area is 128 Å². The van der Waals surface area contributed by atoms with Crippen LogP contribution in [0.15, 0.2) is 24.3 Å². The monoisotopic (exact) mass is 308 g/mol. The molecule has 1 aromatic carbocycles. The minimum Gasteiger partial charge on any atom is -0.207 e. The molecular weight excluding hydrogens is 289 g/mol. The van der Waals surface area contributed by atoms with Gasteiger partial charge in [0.25, 0.3) is 5.92 Å². The van der Waals surface area contributed by atoms with Crippen molar-refractivity contribution in [2.45, 2.75) is 46.0 Å². The molecule has 0 unspecified atom stereocenters. The quantitative estimate of drug-likeness (QED) is 0.780. The highest BCUT2D eigenvalue weighted by Gasteiger charge is 2.31. The third-order valence-corrected chi connectivity index (χ3v) is 3.48. The summed E-state index contributed by atoms with van der Waals surface area (Å²) in [5.41, 5.74) is 0.597. The highest BCUT2D eigenvalue weighted by atomic mass is 19.3. The Morgan fingerprint density at radius 2 is 1.59 bits per heavy atom. The number of nitrogens with zero attached hydrogens (tertiary/aromatic N) is 2. The van der Waals surface area contributed by atoms with Gasteiger partial charge in [-0.2, -0.15) is 5.10 Å². The van der Waals surface area contributed by atoms with Gasteiger partial charge in [0.15, 0.2) is 0 Å². The number of aromatic nitrogens is 2. The predicted molar refractivity (Wildman–Crippen MR) is 80.4 cm³/mol. The van der Waals surface area contributed by atoms with Crippen molar-refractivity contribution in [1.82, 2.24) is 10.2 Å². The predicted octanol–water partition coefficient (Wildman–Crippen LogP) is 5.00. The van der Waals surface area contributed by atoms with Crippen molar-refractivity contribution in [2.75, 3.05) is 0 Å². The van der Waals surface area contributed by atoms with Crippen LogP contribution in [0.3, 0.4) is 0 Å². The standard InChI is InChI=1S/C17H19F3N2/c1-10-6-7-11(8-13(10)18)15-12(17(5,19)20)9-14(21-22-15)16(2,3)4/h6-9H,1-5H3. The normalized spacial score (nSPS) is 12.5. The number of alkyl halides is 2. The lowest BCUT2D eigenvalue weighted by atomic mass is 9.89. The van der Waals surface area contributed by atoms with Gasteiger partial charge in [-0.3, -0.25) is 0 Å². The smallest absolute Gasteiger partial charge is 0.207 e. The third-order valence-electron chi connectivity index (χ3n) is 3.48. The number of hydrogen-bond acceptors (Lipinski definition) is 2. The van der Waals surface area contributed by atoms with E-state index < -0.39 is 17.2 Å². The molecule has 0 amide bonds. The second-order valence-electron chi connectivity index (χ2n) is 6.59. The van der Waals surface area contributed by atoms with E-state index in [-0.39, 0.29) is 11.3 Å². The van der Waals surface area contributed by atoms with Crippen molar-refractivity contribution in [3.63, 3.8) is 0 Å². The van der Waals surface area contributed by atoms with E-state index in [1.807, 2.05) is 20.8 Å². The highest BCUT2D eigenvalue weighted by molar-refractivity contribution is 5.64. The van der Waals surface area contributed by atoms with Crippen molar-refractivity contribution in [3.8, 4) is 11.3 Å². The summed E-state index contributed by atoms with van der Waals surface area (Å²) in [5.74, 6) is -3.54. The summed E-state index contributed by atoms with van der Waals surface area (Å²) in [6.07, 6.45) is 0. The fourth-order valence-corrected chi connectivity index (χ4v) is 2.05. The SMILES string of the molecule is Cc1ccc(-c2nnc(C(C)(C)C)cc2C(C)(F)F)cc1F. The Morgan fingerprint density at radius 3 is 2.09 bits per heavy atom. The molecule has 0 saturated carbocycles. The first-order valence-corrected chi connectivity index (χ1v) is 7.03. The van der Waals surface area contributed by atoms with Crippen LogP contribution >= 0.6 is 0 Å². The summed E-state index contributed by atoms with van der Waals surface area (Å²) >= 11 is 0. The lowest BCUT2D eigenvalue weighted by Gasteiger charge is -2.21. The molecule has 2 rings (SSSR count). The highest BCUT2D eigenvalue weighted by Crippen LogP contribution is 2.36. The van der Waals surface area contributed by atoms with E-state index in [1.54, 1.807) is 19.1 Å². The van der Waals surface area contributed by atoms with Gasteiger partial charge in [0.2, 0.25) is 0 Å². The fourth-order valence-electron chi connectivity index (χ4n) is 2.05. The van der Waals surface area contributed by atoms with E-state index in [2.05, 4.69) is 10.2 Å². The number of benzene rings is 1. The molecular formula is C17H19F3N2. The summed E-state index contributed by atoms with van der Waals surface area (Å²) in [6, 6.07) is 5.70. The molecule has 0 saturated heterocycles. The van der Waals surface area contributed by atoms with Crippen LogP contribution in [0, 0.1) is 12.7 Å². The minimum atomic E-state index is -3.09. The maximum absolute atomic E-state index is 14.0. The summed E-state index contributed by atoms with van der Waals surface area (Å²) in [5, 5.41) is 8.00. The zero-order chi connectivity index (χ0) is 16.7. The summed E-state index contributed by atoms with van der Waals surface area (Å²) in [6.45, 7) is 8.05. The summed E-state index contributed by atoms with van der Waals surface area (Å²) in [7, 11) is 0. The molecule has 22 heavy (non-hydrogen) atoms. The van der Waals surface area contributed by atoms with Crippen LogP contribution in [0.5, 0.6) is 0 Å². The molecule has 1 aromatic heterocycles. The Hall–Kier alpha value is -1.91. The van der Waals surface area contributed by atoms with Crippen LogP contribution in [-0.4, -0.2) is 10.2 Å². The largest absolute Gasteiger partial charge is 0.272 e. The second kappa shape index (κ2) is 5.38. The molecule has 118 valence electrons. The van der Waals surface area contributed by atoms with E-state index in [4.69, 9.17) is 0 Å².